The van der Waals surface area contributed by atoms with Gasteiger partial charge in [0.25, 0.3) is 0 Å². The first kappa shape index (κ1) is 14.9. The first-order valence-electron chi connectivity index (χ1n) is 5.35. The molecule has 0 aliphatic rings. The van der Waals surface area contributed by atoms with Crippen molar-refractivity contribution in [3.8, 4) is 0 Å². The number of nitrogens with zero attached hydrogens (tertiary/aromatic N) is 1. The van der Waals surface area contributed by atoms with Crippen LogP contribution in [0.5, 0.6) is 0 Å². The van der Waals surface area contributed by atoms with Gasteiger partial charge in [0, 0.05) is 11.8 Å². The van der Waals surface area contributed by atoms with E-state index in [0.29, 0.717) is 0 Å². The molecule has 0 saturated carbocycles. The maximum Gasteiger partial charge on any atom is 0.341 e. The van der Waals surface area contributed by atoms with Gasteiger partial charge in [-0.2, -0.15) is 0 Å². The van der Waals surface area contributed by atoms with E-state index in [1.54, 1.807) is 0 Å². The van der Waals surface area contributed by atoms with Gasteiger partial charge in [0.2, 0.25) is 5.91 Å². The monoisotopic (exact) mass is 269 g/mol. The van der Waals surface area contributed by atoms with E-state index < -0.39 is 30.5 Å². The van der Waals surface area contributed by atoms with Gasteiger partial charge in [0.05, 0.1) is 19.6 Å². The molecule has 104 valence electrons. The number of rotatable bonds is 5. The number of hydrogen-bond acceptors (Lipinski definition) is 7. The number of ether oxygens (including phenoxy) is 1. The molecule has 0 fully saturated rings. The molecule has 2 atom stereocenters. The third-order valence-electron chi connectivity index (χ3n) is 2.46. The molecule has 2 unspecified atom stereocenters. The van der Waals surface area contributed by atoms with Crippen molar-refractivity contribution in [2.75, 3.05) is 12.8 Å². The second-order valence-corrected chi connectivity index (χ2v) is 3.88. The lowest BCUT2D eigenvalue weighted by atomic mass is 10.0. The molecule has 1 rings (SSSR count). The molecule has 19 heavy (non-hydrogen) atoms. The Morgan fingerprint density at radius 2 is 2.11 bits per heavy atom. The second kappa shape index (κ2) is 6.12. The molecular formula is C11H15N3O5. The lowest BCUT2D eigenvalue weighted by molar-refractivity contribution is -0.121. The number of nitrogen functional groups attached to an aromatic ring is 1. The van der Waals surface area contributed by atoms with Gasteiger partial charge in [-0.1, -0.05) is 0 Å². The first-order valence-corrected chi connectivity index (χ1v) is 5.35. The summed E-state index contributed by atoms with van der Waals surface area (Å²) in [6.07, 6.45) is -2.03. The third-order valence-corrected chi connectivity index (χ3v) is 2.46. The second-order valence-electron chi connectivity index (χ2n) is 3.88. The quantitative estimate of drug-likeness (QED) is 0.486. The van der Waals surface area contributed by atoms with Crippen LogP contribution in [0.25, 0.3) is 0 Å². The van der Waals surface area contributed by atoms with Crippen molar-refractivity contribution in [2.24, 2.45) is 5.73 Å². The number of primary amides is 1. The Hall–Kier alpha value is -2.19. The van der Waals surface area contributed by atoms with Crippen LogP contribution < -0.4 is 11.5 Å². The summed E-state index contributed by atoms with van der Waals surface area (Å²) < 4.78 is 4.50. The number of esters is 1. The minimum absolute atomic E-state index is 0.0367. The van der Waals surface area contributed by atoms with Gasteiger partial charge in [-0.3, -0.25) is 4.79 Å². The summed E-state index contributed by atoms with van der Waals surface area (Å²) in [6, 6.07) is 1.24. The summed E-state index contributed by atoms with van der Waals surface area (Å²) in [5, 5.41) is 19.4. The topological polar surface area (TPSA) is 149 Å². The van der Waals surface area contributed by atoms with Crippen molar-refractivity contribution in [2.45, 2.75) is 18.6 Å². The molecule has 1 aromatic heterocycles. The smallest absolute Gasteiger partial charge is 0.341 e. The highest BCUT2D eigenvalue weighted by Crippen LogP contribution is 2.21. The van der Waals surface area contributed by atoms with Crippen LogP contribution in [0.1, 0.15) is 28.4 Å². The van der Waals surface area contributed by atoms with Crippen LogP contribution in [0.2, 0.25) is 0 Å². The molecule has 1 aromatic rings. The number of nitrogens with two attached hydrogens (primary N) is 2. The zero-order chi connectivity index (χ0) is 14.6. The lowest BCUT2D eigenvalue weighted by Gasteiger charge is -2.17. The fraction of sp³-hybridized carbons (Fsp3) is 0.364. The Bertz CT molecular complexity index is 491. The largest absolute Gasteiger partial charge is 0.465 e. The van der Waals surface area contributed by atoms with Gasteiger partial charge < -0.3 is 26.4 Å². The summed E-state index contributed by atoms with van der Waals surface area (Å²) in [5.74, 6) is -1.54. The van der Waals surface area contributed by atoms with Gasteiger partial charge in [-0.15, -0.1) is 0 Å². The molecule has 0 bridgehead atoms. The fourth-order valence-corrected chi connectivity index (χ4v) is 1.47. The maximum atomic E-state index is 11.4. The van der Waals surface area contributed by atoms with Gasteiger partial charge in [-0.25, -0.2) is 9.78 Å². The maximum absolute atomic E-state index is 11.4. The summed E-state index contributed by atoms with van der Waals surface area (Å²) in [4.78, 5) is 25.8. The molecule has 0 spiro atoms. The van der Waals surface area contributed by atoms with Crippen LogP contribution in [0.4, 0.5) is 5.82 Å². The molecule has 0 saturated heterocycles. The number of anilines is 1. The first-order chi connectivity index (χ1) is 8.86. The number of carbonyl (C=O) groups excluding carboxylic acids is 2. The highest BCUT2D eigenvalue weighted by molar-refractivity contribution is 5.94. The number of aliphatic hydroxyl groups excluding tert-OH is 2. The van der Waals surface area contributed by atoms with Crippen molar-refractivity contribution in [1.29, 1.82) is 0 Å². The Kier molecular flexibility index (Phi) is 4.79. The van der Waals surface area contributed by atoms with Gasteiger partial charge in [0.15, 0.2) is 0 Å². The molecule has 1 amide bonds. The minimum Gasteiger partial charge on any atom is -0.465 e. The number of amides is 1. The summed E-state index contributed by atoms with van der Waals surface area (Å²) in [7, 11) is 1.17. The van der Waals surface area contributed by atoms with Crippen molar-refractivity contribution < 1.29 is 24.5 Å². The zero-order valence-corrected chi connectivity index (χ0v) is 10.2. The Morgan fingerprint density at radius 3 is 2.63 bits per heavy atom. The average Bonchev–Trinajstić information content (AvgIpc) is 2.36. The predicted octanol–water partition coefficient (Wildman–Crippen LogP) is -1.28. The number of hydrogen-bond donors (Lipinski definition) is 4. The summed E-state index contributed by atoms with van der Waals surface area (Å²) in [5.41, 5.74) is 10.5. The zero-order valence-electron chi connectivity index (χ0n) is 10.2. The predicted molar refractivity (Wildman–Crippen MR) is 64.8 cm³/mol. The van der Waals surface area contributed by atoms with Gasteiger partial charge in [0.1, 0.15) is 17.5 Å². The summed E-state index contributed by atoms with van der Waals surface area (Å²) >= 11 is 0. The average molecular weight is 269 g/mol. The number of pyridine rings is 1. The van der Waals surface area contributed by atoms with E-state index in [2.05, 4.69) is 9.72 Å². The number of aliphatic hydroxyl groups is 2. The van der Waals surface area contributed by atoms with E-state index in [1.807, 2.05) is 0 Å². The molecule has 6 N–H and O–H groups in total. The standard InChI is InChI=1S/C11H15N3O5/c1-19-11(18)6-2-5(4-14-10(6)13)9(17)7(15)3-8(12)16/h2,4,7,9,15,17H,3H2,1H3,(H2,12,16)(H2,13,14). The molecule has 8 nitrogen and oxygen atoms in total. The van der Waals surface area contributed by atoms with E-state index in [1.165, 1.54) is 19.4 Å². The molecular weight excluding hydrogens is 254 g/mol. The Labute approximate surface area is 109 Å². The highest BCUT2D eigenvalue weighted by Gasteiger charge is 2.23. The molecule has 8 heteroatoms. The molecule has 0 aliphatic heterocycles. The number of methoxy groups -OCH3 is 1. The van der Waals surface area contributed by atoms with E-state index in [0.717, 1.165) is 0 Å². The van der Waals surface area contributed by atoms with Crippen LogP contribution in [-0.4, -0.2) is 40.3 Å². The van der Waals surface area contributed by atoms with Crippen molar-refractivity contribution in [3.63, 3.8) is 0 Å². The Balaban J connectivity index is 3.01. The molecule has 1 heterocycles. The Morgan fingerprint density at radius 1 is 1.47 bits per heavy atom. The van der Waals surface area contributed by atoms with Crippen LogP contribution in [-0.2, 0) is 9.53 Å². The van der Waals surface area contributed by atoms with E-state index >= 15 is 0 Å². The van der Waals surface area contributed by atoms with Crippen molar-refractivity contribution >= 4 is 17.7 Å². The van der Waals surface area contributed by atoms with Crippen LogP contribution in [0, 0.1) is 0 Å². The number of carbonyl (C=O) groups is 2. The third kappa shape index (κ3) is 3.63. The van der Waals surface area contributed by atoms with Gasteiger partial charge in [-0.05, 0) is 6.07 Å². The van der Waals surface area contributed by atoms with Crippen LogP contribution in [0.3, 0.4) is 0 Å². The van der Waals surface area contributed by atoms with Crippen molar-refractivity contribution in [3.05, 3.63) is 23.4 Å². The lowest BCUT2D eigenvalue weighted by Crippen LogP contribution is -2.26. The van der Waals surface area contributed by atoms with E-state index in [9.17, 15) is 19.8 Å². The van der Waals surface area contributed by atoms with Crippen LogP contribution >= 0.6 is 0 Å². The fourth-order valence-electron chi connectivity index (χ4n) is 1.47. The molecule has 0 aliphatic carbocycles. The van der Waals surface area contributed by atoms with E-state index in [-0.39, 0.29) is 16.9 Å². The van der Waals surface area contributed by atoms with E-state index in [4.69, 9.17) is 11.5 Å². The minimum atomic E-state index is -1.41. The molecule has 0 aromatic carbocycles. The summed E-state index contributed by atoms with van der Waals surface area (Å²) in [6.45, 7) is 0. The highest BCUT2D eigenvalue weighted by atomic mass is 16.5. The SMILES string of the molecule is COC(=O)c1cc(C(O)C(O)CC(N)=O)cnc1N. The van der Waals surface area contributed by atoms with Crippen LogP contribution in [0.15, 0.2) is 12.3 Å². The van der Waals surface area contributed by atoms with Crippen molar-refractivity contribution in [1.82, 2.24) is 4.98 Å². The number of aromatic nitrogens is 1. The van der Waals surface area contributed by atoms with Gasteiger partial charge >= 0.3 is 5.97 Å². The molecule has 0 radical (unpaired) electrons. The normalized spacial score (nSPS) is 13.6.